The fraction of sp³-hybridized carbons (Fsp3) is 0.611. The first kappa shape index (κ1) is 20.0. The molecule has 1 aromatic carbocycles. The summed E-state index contributed by atoms with van der Waals surface area (Å²) in [5, 5.41) is 0. The van der Waals surface area contributed by atoms with E-state index in [0.29, 0.717) is 31.8 Å². The maximum atomic E-state index is 12.8. The molecule has 0 N–H and O–H groups in total. The number of hydrogen-bond donors (Lipinski definition) is 0. The van der Waals surface area contributed by atoms with Gasteiger partial charge in [-0.15, -0.1) is 0 Å². The van der Waals surface area contributed by atoms with Crippen molar-refractivity contribution in [2.45, 2.75) is 45.5 Å². The highest BCUT2D eigenvalue weighted by atomic mass is 19.3. The molecule has 0 aromatic heterocycles. The van der Waals surface area contributed by atoms with Gasteiger partial charge in [0, 0.05) is 18.7 Å². The lowest BCUT2D eigenvalue weighted by molar-refractivity contribution is -0.0498. The van der Waals surface area contributed by atoms with Gasteiger partial charge in [-0.3, -0.25) is 4.79 Å². The van der Waals surface area contributed by atoms with Crippen molar-refractivity contribution < 1.29 is 32.4 Å². The summed E-state index contributed by atoms with van der Waals surface area (Å²) in [5.74, 6) is -0.371. The molecule has 1 aromatic rings. The van der Waals surface area contributed by atoms with E-state index in [1.165, 1.54) is 12.1 Å². The van der Waals surface area contributed by atoms with Crippen LogP contribution in [0.4, 0.5) is 8.78 Å². The zero-order valence-corrected chi connectivity index (χ0v) is 16.0. The fourth-order valence-corrected chi connectivity index (χ4v) is 2.98. The van der Waals surface area contributed by atoms with Gasteiger partial charge >= 0.3 is 13.7 Å². The van der Waals surface area contributed by atoms with E-state index in [1.807, 2.05) is 27.7 Å². The van der Waals surface area contributed by atoms with Crippen LogP contribution in [0.15, 0.2) is 18.2 Å². The van der Waals surface area contributed by atoms with Gasteiger partial charge in [0.1, 0.15) is 5.75 Å². The number of morpholine rings is 1. The van der Waals surface area contributed by atoms with E-state index >= 15 is 0 Å². The van der Waals surface area contributed by atoms with Crippen molar-refractivity contribution >= 4 is 18.5 Å². The van der Waals surface area contributed by atoms with Gasteiger partial charge in [0.2, 0.25) is 0 Å². The van der Waals surface area contributed by atoms with E-state index in [-0.39, 0.29) is 17.2 Å². The van der Waals surface area contributed by atoms with Crippen molar-refractivity contribution in [2.24, 2.45) is 0 Å². The van der Waals surface area contributed by atoms with Crippen LogP contribution in [0.1, 0.15) is 38.1 Å². The Morgan fingerprint density at radius 2 is 1.70 bits per heavy atom. The Hall–Kier alpha value is -1.71. The molecule has 0 atom stereocenters. The molecule has 0 saturated carbocycles. The van der Waals surface area contributed by atoms with Gasteiger partial charge < -0.3 is 23.7 Å². The van der Waals surface area contributed by atoms with Crippen LogP contribution < -0.4 is 10.2 Å². The summed E-state index contributed by atoms with van der Waals surface area (Å²) < 4.78 is 47.3. The highest BCUT2D eigenvalue weighted by molar-refractivity contribution is 6.62. The van der Waals surface area contributed by atoms with Crippen LogP contribution in [-0.4, -0.2) is 62.0 Å². The van der Waals surface area contributed by atoms with Crippen LogP contribution in [0.2, 0.25) is 0 Å². The lowest BCUT2D eigenvalue weighted by Gasteiger charge is -2.32. The van der Waals surface area contributed by atoms with E-state index in [0.717, 1.165) is 0 Å². The summed E-state index contributed by atoms with van der Waals surface area (Å²) >= 11 is 0. The number of nitrogens with zero attached hydrogens (tertiary/aromatic N) is 1. The summed E-state index contributed by atoms with van der Waals surface area (Å²) in [5.41, 5.74) is -0.472. The molecule has 0 bridgehead atoms. The molecule has 2 heterocycles. The molecule has 27 heavy (non-hydrogen) atoms. The Labute approximate surface area is 157 Å². The quantitative estimate of drug-likeness (QED) is 0.746. The van der Waals surface area contributed by atoms with E-state index < -0.39 is 24.9 Å². The summed E-state index contributed by atoms with van der Waals surface area (Å²) in [6.45, 7) is 6.38. The Bertz CT molecular complexity index is 691. The summed E-state index contributed by atoms with van der Waals surface area (Å²) in [7, 11) is -0.785. The largest absolute Gasteiger partial charge is 0.494 e. The first-order valence-corrected chi connectivity index (χ1v) is 8.91. The molecule has 0 radical (unpaired) electrons. The number of benzene rings is 1. The van der Waals surface area contributed by atoms with Crippen molar-refractivity contribution in [2.75, 3.05) is 26.3 Å². The van der Waals surface area contributed by atoms with Gasteiger partial charge in [-0.2, -0.15) is 8.78 Å². The Balaban J connectivity index is 1.93. The predicted molar refractivity (Wildman–Crippen MR) is 95.5 cm³/mol. The maximum absolute atomic E-state index is 12.8. The number of hydrogen-bond acceptors (Lipinski definition) is 5. The van der Waals surface area contributed by atoms with Crippen LogP contribution >= 0.6 is 0 Å². The lowest BCUT2D eigenvalue weighted by atomic mass is 9.78. The van der Waals surface area contributed by atoms with Gasteiger partial charge in [0.05, 0.1) is 24.4 Å². The smallest absolute Gasteiger partial charge is 0.435 e. The van der Waals surface area contributed by atoms with Crippen LogP contribution in [-0.2, 0) is 14.0 Å². The van der Waals surface area contributed by atoms with Crippen LogP contribution in [0.25, 0.3) is 0 Å². The highest BCUT2D eigenvalue weighted by Crippen LogP contribution is 2.36. The molecule has 0 unspecified atom stereocenters. The molecule has 0 aliphatic carbocycles. The Kier molecular flexibility index (Phi) is 5.47. The molecule has 6 nitrogen and oxygen atoms in total. The molecule has 2 aliphatic heterocycles. The minimum Gasteiger partial charge on any atom is -0.435 e. The van der Waals surface area contributed by atoms with Crippen molar-refractivity contribution in [3.63, 3.8) is 0 Å². The van der Waals surface area contributed by atoms with Gasteiger partial charge in [-0.1, -0.05) is 0 Å². The lowest BCUT2D eigenvalue weighted by Crippen LogP contribution is -2.41. The van der Waals surface area contributed by atoms with Crippen molar-refractivity contribution in [3.8, 4) is 5.75 Å². The number of ether oxygens (including phenoxy) is 2. The van der Waals surface area contributed by atoms with Gasteiger partial charge in [-0.05, 0) is 51.4 Å². The van der Waals surface area contributed by atoms with Crippen LogP contribution in [0.3, 0.4) is 0 Å². The Morgan fingerprint density at radius 3 is 2.26 bits per heavy atom. The average molecular weight is 383 g/mol. The molecule has 2 saturated heterocycles. The Morgan fingerprint density at radius 1 is 1.11 bits per heavy atom. The van der Waals surface area contributed by atoms with Crippen molar-refractivity contribution in [3.05, 3.63) is 23.8 Å². The second-order valence-electron chi connectivity index (χ2n) is 7.66. The maximum Gasteiger partial charge on any atom is 0.494 e. The number of carbonyl (C=O) groups is 1. The first-order chi connectivity index (χ1) is 12.6. The summed E-state index contributed by atoms with van der Waals surface area (Å²) in [6, 6.07) is 4.35. The molecule has 2 fully saturated rings. The normalized spacial score (nSPS) is 21.6. The van der Waals surface area contributed by atoms with E-state index in [9.17, 15) is 13.6 Å². The fourth-order valence-electron chi connectivity index (χ4n) is 2.98. The summed E-state index contributed by atoms with van der Waals surface area (Å²) in [4.78, 5) is 14.4. The third-order valence-corrected chi connectivity index (χ3v) is 5.22. The predicted octanol–water partition coefficient (Wildman–Crippen LogP) is 2.06. The first-order valence-electron chi connectivity index (χ1n) is 8.91. The zero-order valence-electron chi connectivity index (χ0n) is 16.0. The topological polar surface area (TPSA) is 57.2 Å². The van der Waals surface area contributed by atoms with Crippen LogP contribution in [0, 0.1) is 0 Å². The zero-order chi connectivity index (χ0) is 19.8. The number of amides is 1. The highest BCUT2D eigenvalue weighted by Gasteiger charge is 2.52. The number of carbonyl (C=O) groups excluding carboxylic acids is 1. The minimum absolute atomic E-state index is 0.103. The van der Waals surface area contributed by atoms with E-state index in [4.69, 9.17) is 14.0 Å². The van der Waals surface area contributed by atoms with Crippen molar-refractivity contribution in [1.82, 2.24) is 4.90 Å². The summed E-state index contributed by atoms with van der Waals surface area (Å²) in [6.07, 6.45) is 0. The van der Waals surface area contributed by atoms with Gasteiger partial charge in [-0.25, -0.2) is 0 Å². The number of rotatable bonds is 4. The second-order valence-corrected chi connectivity index (χ2v) is 7.66. The molecule has 148 valence electrons. The molecule has 1 amide bonds. The average Bonchev–Trinajstić information content (AvgIpc) is 2.82. The molecular weight excluding hydrogens is 359 g/mol. The van der Waals surface area contributed by atoms with E-state index in [2.05, 4.69) is 4.74 Å². The number of alkyl halides is 2. The van der Waals surface area contributed by atoms with E-state index in [1.54, 1.807) is 11.0 Å². The van der Waals surface area contributed by atoms with Crippen LogP contribution in [0.5, 0.6) is 5.75 Å². The van der Waals surface area contributed by atoms with Crippen molar-refractivity contribution in [1.29, 1.82) is 0 Å². The molecule has 9 heteroatoms. The second kappa shape index (κ2) is 7.37. The molecule has 2 aliphatic rings. The third kappa shape index (κ3) is 4.25. The third-order valence-electron chi connectivity index (χ3n) is 5.22. The molecular formula is C18H24BF2NO5. The standard InChI is InChI=1S/C18H24BF2NO5/c1-17(2)18(3,4)27-19(26-17)13-9-12(10-14(11-13)25-16(20)21)15(23)22-5-7-24-8-6-22/h9-11,16H,5-8H2,1-4H3. The monoisotopic (exact) mass is 383 g/mol. The molecule has 0 spiro atoms. The minimum atomic E-state index is -3.00. The van der Waals surface area contributed by atoms with Gasteiger partial charge in [0.15, 0.2) is 0 Å². The number of halogens is 2. The van der Waals surface area contributed by atoms with Gasteiger partial charge in [0.25, 0.3) is 5.91 Å². The SMILES string of the molecule is CC1(C)OB(c2cc(OC(F)F)cc(C(=O)N3CCOCC3)c2)OC1(C)C. The molecule has 3 rings (SSSR count).